The zero-order valence-corrected chi connectivity index (χ0v) is 8.97. The number of terminal acetylenes is 1. The maximum Gasteiger partial charge on any atom is 0.250 e. The Balaban J connectivity index is 3.12. The van der Waals surface area contributed by atoms with Crippen LogP contribution in [0, 0.1) is 19.3 Å². The van der Waals surface area contributed by atoms with Crippen LogP contribution < -0.4 is 5.56 Å². The third kappa shape index (κ3) is 2.22. The summed E-state index contributed by atoms with van der Waals surface area (Å²) in [7, 11) is 0. The van der Waals surface area contributed by atoms with Crippen LogP contribution in [-0.2, 0) is 6.54 Å². The summed E-state index contributed by atoms with van der Waals surface area (Å²) in [6.07, 6.45) is 5.72. The minimum absolute atomic E-state index is 0.00375. The van der Waals surface area contributed by atoms with E-state index in [1.165, 1.54) is 6.07 Å². The predicted octanol–water partition coefficient (Wildman–Crippen LogP) is 1.94. The highest BCUT2D eigenvalue weighted by Crippen LogP contribution is 2.12. The summed E-state index contributed by atoms with van der Waals surface area (Å²) in [5, 5.41) is 0. The molecular weight excluding hydrogens is 230 g/mol. The van der Waals surface area contributed by atoms with Crippen molar-refractivity contribution < 1.29 is 0 Å². The summed E-state index contributed by atoms with van der Waals surface area (Å²) in [5.74, 6) is 2.52. The van der Waals surface area contributed by atoms with Crippen molar-refractivity contribution in [1.29, 1.82) is 0 Å². The van der Waals surface area contributed by atoms with E-state index in [9.17, 15) is 4.79 Å². The molecular formula is C10H10BrNO. The second-order valence-electron chi connectivity index (χ2n) is 2.71. The fourth-order valence-electron chi connectivity index (χ4n) is 1.10. The van der Waals surface area contributed by atoms with Gasteiger partial charge in [0.2, 0.25) is 0 Å². The molecule has 0 saturated heterocycles. The molecule has 0 aliphatic heterocycles. The second kappa shape index (κ2) is 4.29. The molecule has 0 aliphatic carbocycles. The number of pyridine rings is 1. The van der Waals surface area contributed by atoms with Crippen LogP contribution in [0.4, 0.5) is 0 Å². The van der Waals surface area contributed by atoms with Gasteiger partial charge in [0.05, 0.1) is 0 Å². The molecule has 68 valence electrons. The van der Waals surface area contributed by atoms with Gasteiger partial charge in [-0.15, -0.1) is 12.3 Å². The lowest BCUT2D eigenvalue weighted by atomic mass is 10.3. The Bertz CT molecular complexity index is 400. The minimum atomic E-state index is -0.00375. The molecule has 3 heteroatoms. The van der Waals surface area contributed by atoms with E-state index >= 15 is 0 Å². The second-order valence-corrected chi connectivity index (χ2v) is 3.57. The Labute approximate surface area is 85.7 Å². The lowest BCUT2D eigenvalue weighted by Crippen LogP contribution is -2.21. The Morgan fingerprint density at radius 1 is 1.62 bits per heavy atom. The maximum absolute atomic E-state index is 11.4. The molecule has 0 amide bonds. The topological polar surface area (TPSA) is 22.0 Å². The van der Waals surface area contributed by atoms with E-state index < -0.39 is 0 Å². The highest BCUT2D eigenvalue weighted by atomic mass is 79.9. The minimum Gasteiger partial charge on any atom is -0.311 e. The summed E-state index contributed by atoms with van der Waals surface area (Å²) in [5.41, 5.74) is 0.915. The highest BCUT2D eigenvalue weighted by molar-refractivity contribution is 9.10. The zero-order chi connectivity index (χ0) is 9.84. The lowest BCUT2D eigenvalue weighted by Gasteiger charge is -2.08. The first-order chi connectivity index (χ1) is 6.16. The van der Waals surface area contributed by atoms with Gasteiger partial charge in [-0.1, -0.05) is 0 Å². The quantitative estimate of drug-likeness (QED) is 0.724. The van der Waals surface area contributed by atoms with Gasteiger partial charge in [0.15, 0.2) is 0 Å². The van der Waals surface area contributed by atoms with E-state index in [2.05, 4.69) is 21.9 Å². The molecule has 0 aliphatic rings. The molecule has 0 radical (unpaired) electrons. The highest BCUT2D eigenvalue weighted by Gasteiger charge is 2.01. The fourth-order valence-corrected chi connectivity index (χ4v) is 1.45. The van der Waals surface area contributed by atoms with Gasteiger partial charge >= 0.3 is 0 Å². The molecule has 13 heavy (non-hydrogen) atoms. The van der Waals surface area contributed by atoms with Crippen LogP contribution in [0.25, 0.3) is 0 Å². The van der Waals surface area contributed by atoms with Gasteiger partial charge < -0.3 is 4.57 Å². The van der Waals surface area contributed by atoms with Gasteiger partial charge in [0.25, 0.3) is 5.56 Å². The van der Waals surface area contributed by atoms with Crippen LogP contribution in [0.2, 0.25) is 0 Å². The molecule has 2 nitrogen and oxygen atoms in total. The molecule has 1 aromatic rings. The molecule has 0 saturated carbocycles. The maximum atomic E-state index is 11.4. The monoisotopic (exact) mass is 239 g/mol. The van der Waals surface area contributed by atoms with Crippen LogP contribution in [0.15, 0.2) is 21.4 Å². The molecule has 0 spiro atoms. The van der Waals surface area contributed by atoms with Crippen molar-refractivity contribution in [2.24, 2.45) is 0 Å². The molecule has 0 N–H and O–H groups in total. The van der Waals surface area contributed by atoms with E-state index in [-0.39, 0.29) is 5.56 Å². The Hall–Kier alpha value is -1.01. The number of rotatable bonds is 2. The molecule has 0 fully saturated rings. The summed E-state index contributed by atoms with van der Waals surface area (Å²) < 4.78 is 2.60. The molecule has 1 rings (SSSR count). The van der Waals surface area contributed by atoms with Crippen LogP contribution >= 0.6 is 15.9 Å². The number of aromatic nitrogens is 1. The van der Waals surface area contributed by atoms with Crippen LogP contribution in [-0.4, -0.2) is 4.57 Å². The largest absolute Gasteiger partial charge is 0.311 e. The van der Waals surface area contributed by atoms with Crippen molar-refractivity contribution in [1.82, 2.24) is 4.57 Å². The van der Waals surface area contributed by atoms with Crippen molar-refractivity contribution in [3.05, 3.63) is 32.7 Å². The summed E-state index contributed by atoms with van der Waals surface area (Å²) in [6, 6.07) is 3.29. The molecule has 1 aromatic heterocycles. The van der Waals surface area contributed by atoms with Crippen molar-refractivity contribution >= 4 is 15.9 Å². The van der Waals surface area contributed by atoms with Gasteiger partial charge in [-0.05, 0) is 28.9 Å². The molecule has 1 heterocycles. The number of nitrogens with zero attached hydrogens (tertiary/aromatic N) is 1. The SMILES string of the molecule is C#CCCn1c(C)c(Br)ccc1=O. The standard InChI is InChI=1S/C10H10BrNO/c1-3-4-7-12-8(2)9(11)5-6-10(12)13/h1,5-6H,4,7H2,2H3. The average molecular weight is 240 g/mol. The predicted molar refractivity (Wildman–Crippen MR) is 56.6 cm³/mol. The summed E-state index contributed by atoms with van der Waals surface area (Å²) in [4.78, 5) is 11.4. The third-order valence-corrected chi connectivity index (χ3v) is 2.71. The summed E-state index contributed by atoms with van der Waals surface area (Å²) in [6.45, 7) is 2.47. The van der Waals surface area contributed by atoms with Gasteiger partial charge in [0, 0.05) is 29.2 Å². The van der Waals surface area contributed by atoms with Crippen LogP contribution in [0.5, 0.6) is 0 Å². The van der Waals surface area contributed by atoms with Gasteiger partial charge in [-0.25, -0.2) is 0 Å². The van der Waals surface area contributed by atoms with Crippen molar-refractivity contribution in [2.75, 3.05) is 0 Å². The first kappa shape index (κ1) is 10.1. The van der Waals surface area contributed by atoms with Crippen molar-refractivity contribution in [3.8, 4) is 12.3 Å². The van der Waals surface area contributed by atoms with Crippen molar-refractivity contribution in [3.63, 3.8) is 0 Å². The fraction of sp³-hybridized carbons (Fsp3) is 0.300. The normalized spacial score (nSPS) is 9.62. The van der Waals surface area contributed by atoms with E-state index in [0.29, 0.717) is 13.0 Å². The molecule has 0 bridgehead atoms. The van der Waals surface area contributed by atoms with E-state index in [1.54, 1.807) is 10.6 Å². The van der Waals surface area contributed by atoms with Gasteiger partial charge in [-0.3, -0.25) is 4.79 Å². The summed E-state index contributed by atoms with van der Waals surface area (Å²) >= 11 is 3.36. The Kier molecular flexibility index (Phi) is 3.32. The van der Waals surface area contributed by atoms with E-state index in [0.717, 1.165) is 10.2 Å². The van der Waals surface area contributed by atoms with E-state index in [1.807, 2.05) is 6.92 Å². The number of halogens is 1. The molecule has 0 atom stereocenters. The average Bonchev–Trinajstić information content (AvgIpc) is 2.12. The molecule has 0 aromatic carbocycles. The first-order valence-electron chi connectivity index (χ1n) is 3.96. The van der Waals surface area contributed by atoms with E-state index in [4.69, 9.17) is 6.42 Å². The van der Waals surface area contributed by atoms with Gasteiger partial charge in [-0.2, -0.15) is 0 Å². The van der Waals surface area contributed by atoms with Gasteiger partial charge in [0.1, 0.15) is 0 Å². The van der Waals surface area contributed by atoms with Crippen LogP contribution in [0.1, 0.15) is 12.1 Å². The molecule has 0 unspecified atom stereocenters. The third-order valence-electron chi connectivity index (χ3n) is 1.87. The number of hydrogen-bond acceptors (Lipinski definition) is 1. The smallest absolute Gasteiger partial charge is 0.250 e. The van der Waals surface area contributed by atoms with Crippen LogP contribution in [0.3, 0.4) is 0 Å². The Morgan fingerprint density at radius 2 is 2.31 bits per heavy atom. The lowest BCUT2D eigenvalue weighted by molar-refractivity contribution is 0.664. The van der Waals surface area contributed by atoms with Crippen molar-refractivity contribution in [2.45, 2.75) is 19.9 Å². The first-order valence-corrected chi connectivity index (χ1v) is 4.75. The Morgan fingerprint density at radius 3 is 2.92 bits per heavy atom. The zero-order valence-electron chi connectivity index (χ0n) is 7.38. The number of hydrogen-bond donors (Lipinski definition) is 0.